The van der Waals surface area contributed by atoms with Crippen molar-refractivity contribution < 1.29 is 30.0 Å². The van der Waals surface area contributed by atoms with Crippen LogP contribution in [0.2, 0.25) is 0 Å². The molecular formula is C9H16O6S. The zero-order valence-corrected chi connectivity index (χ0v) is 9.42. The summed E-state index contributed by atoms with van der Waals surface area (Å²) in [5.74, 6) is 0.451. The Kier molecular flexibility index (Phi) is 5.67. The van der Waals surface area contributed by atoms with Gasteiger partial charge in [0.05, 0.1) is 6.61 Å². The van der Waals surface area contributed by atoms with E-state index in [0.717, 1.165) is 6.29 Å². The van der Waals surface area contributed by atoms with Crippen molar-refractivity contribution in [3.05, 3.63) is 0 Å². The van der Waals surface area contributed by atoms with Gasteiger partial charge in [0.15, 0.2) is 0 Å². The second-order valence-electron chi connectivity index (χ2n) is 3.52. The van der Waals surface area contributed by atoms with Gasteiger partial charge in [0.25, 0.3) is 0 Å². The summed E-state index contributed by atoms with van der Waals surface area (Å²) in [5.41, 5.74) is -0.740. The van der Waals surface area contributed by atoms with Crippen molar-refractivity contribution in [2.24, 2.45) is 0 Å². The quantitative estimate of drug-likeness (QED) is 0.335. The van der Waals surface area contributed by atoms with Gasteiger partial charge >= 0.3 is 0 Å². The molecule has 0 amide bonds. The van der Waals surface area contributed by atoms with Gasteiger partial charge in [-0.05, 0) is 0 Å². The molecule has 0 aromatic rings. The maximum absolute atomic E-state index is 10.1. The highest BCUT2D eigenvalue weighted by Gasteiger charge is 2.43. The van der Waals surface area contributed by atoms with Crippen LogP contribution in [0.1, 0.15) is 6.42 Å². The number of aliphatic hydroxyl groups is 4. The lowest BCUT2D eigenvalue weighted by atomic mass is 10.0. The molecule has 5 unspecified atom stereocenters. The Hall–Kier alpha value is -0.180. The van der Waals surface area contributed by atoms with E-state index in [1.807, 2.05) is 0 Å². The maximum Gasteiger partial charge on any atom is 0.132 e. The van der Waals surface area contributed by atoms with Crippen molar-refractivity contribution in [2.45, 2.75) is 36.3 Å². The SMILES string of the molecule is O=CCCSC1OC(CO)C(O)C(O)C1O. The molecule has 0 radical (unpaired) electrons. The van der Waals surface area contributed by atoms with Crippen LogP contribution in [0, 0.1) is 0 Å². The molecular weight excluding hydrogens is 236 g/mol. The standard InChI is InChI=1S/C9H16O6S/c10-2-1-3-16-9-8(14)7(13)6(12)5(4-11)15-9/h2,5-9,11-14H,1,3-4H2. The van der Waals surface area contributed by atoms with E-state index in [4.69, 9.17) is 9.84 Å². The molecule has 1 saturated heterocycles. The van der Waals surface area contributed by atoms with E-state index in [2.05, 4.69) is 0 Å². The van der Waals surface area contributed by atoms with Gasteiger partial charge in [-0.3, -0.25) is 0 Å². The van der Waals surface area contributed by atoms with E-state index in [1.165, 1.54) is 11.8 Å². The molecule has 94 valence electrons. The van der Waals surface area contributed by atoms with Gasteiger partial charge in [0.2, 0.25) is 0 Å². The number of thioether (sulfide) groups is 1. The molecule has 0 aromatic heterocycles. The molecule has 0 saturated carbocycles. The molecule has 0 aromatic carbocycles. The fourth-order valence-corrected chi connectivity index (χ4v) is 2.48. The van der Waals surface area contributed by atoms with Gasteiger partial charge in [-0.15, -0.1) is 11.8 Å². The fourth-order valence-electron chi connectivity index (χ4n) is 1.44. The Bertz CT molecular complexity index is 224. The average molecular weight is 252 g/mol. The number of ether oxygens (including phenoxy) is 1. The molecule has 1 aliphatic rings. The van der Waals surface area contributed by atoms with Crippen LogP contribution < -0.4 is 0 Å². The first-order valence-electron chi connectivity index (χ1n) is 4.97. The van der Waals surface area contributed by atoms with Gasteiger partial charge in [-0.1, -0.05) is 0 Å². The zero-order valence-electron chi connectivity index (χ0n) is 8.60. The van der Waals surface area contributed by atoms with Crippen LogP contribution in [0.4, 0.5) is 0 Å². The van der Waals surface area contributed by atoms with E-state index in [0.29, 0.717) is 12.2 Å². The van der Waals surface area contributed by atoms with Gasteiger partial charge in [0, 0.05) is 12.2 Å². The second kappa shape index (κ2) is 6.53. The van der Waals surface area contributed by atoms with E-state index < -0.39 is 36.5 Å². The van der Waals surface area contributed by atoms with E-state index in [9.17, 15) is 20.1 Å². The fraction of sp³-hybridized carbons (Fsp3) is 0.889. The minimum absolute atomic E-state index is 0.319. The highest BCUT2D eigenvalue weighted by Crippen LogP contribution is 2.28. The lowest BCUT2D eigenvalue weighted by molar-refractivity contribution is -0.205. The molecule has 7 heteroatoms. The van der Waals surface area contributed by atoms with Crippen LogP contribution in [-0.4, -0.2) is 68.9 Å². The highest BCUT2D eigenvalue weighted by molar-refractivity contribution is 7.99. The molecule has 5 atom stereocenters. The summed E-state index contributed by atoms with van der Waals surface area (Å²) in [7, 11) is 0. The molecule has 1 aliphatic heterocycles. The lowest BCUT2D eigenvalue weighted by Crippen LogP contribution is -2.57. The van der Waals surface area contributed by atoms with Crippen LogP contribution in [0.5, 0.6) is 0 Å². The number of rotatable bonds is 5. The van der Waals surface area contributed by atoms with Crippen molar-refractivity contribution in [1.82, 2.24) is 0 Å². The molecule has 0 bridgehead atoms. The van der Waals surface area contributed by atoms with Gasteiger partial charge < -0.3 is 30.0 Å². The summed E-state index contributed by atoms with van der Waals surface area (Å²) < 4.78 is 5.21. The summed E-state index contributed by atoms with van der Waals surface area (Å²) in [6.07, 6.45) is -3.72. The largest absolute Gasteiger partial charge is 0.394 e. The molecule has 1 heterocycles. The maximum atomic E-state index is 10.1. The predicted molar refractivity (Wildman–Crippen MR) is 56.9 cm³/mol. The second-order valence-corrected chi connectivity index (χ2v) is 4.73. The Morgan fingerprint density at radius 3 is 2.44 bits per heavy atom. The molecule has 1 rings (SSSR count). The first-order valence-corrected chi connectivity index (χ1v) is 6.02. The highest BCUT2D eigenvalue weighted by atomic mass is 32.2. The van der Waals surface area contributed by atoms with Crippen LogP contribution in [-0.2, 0) is 9.53 Å². The smallest absolute Gasteiger partial charge is 0.132 e. The Labute approximate surface area is 97.2 Å². The summed E-state index contributed by atoms with van der Waals surface area (Å²) >= 11 is 1.17. The topological polar surface area (TPSA) is 107 Å². The Morgan fingerprint density at radius 2 is 1.88 bits per heavy atom. The number of hydrogen-bond acceptors (Lipinski definition) is 7. The monoisotopic (exact) mass is 252 g/mol. The van der Waals surface area contributed by atoms with Crippen molar-refractivity contribution in [1.29, 1.82) is 0 Å². The van der Waals surface area contributed by atoms with Crippen LogP contribution in [0.3, 0.4) is 0 Å². The molecule has 0 spiro atoms. The predicted octanol–water partition coefficient (Wildman–Crippen LogP) is -1.89. The van der Waals surface area contributed by atoms with Crippen LogP contribution >= 0.6 is 11.8 Å². The first-order chi connectivity index (χ1) is 7.61. The molecule has 4 N–H and O–H groups in total. The van der Waals surface area contributed by atoms with E-state index in [1.54, 1.807) is 0 Å². The van der Waals surface area contributed by atoms with Crippen LogP contribution in [0.25, 0.3) is 0 Å². The number of hydrogen-bond donors (Lipinski definition) is 4. The van der Waals surface area contributed by atoms with Crippen molar-refractivity contribution in [3.63, 3.8) is 0 Å². The summed E-state index contributed by atoms with van der Waals surface area (Å²) in [5, 5.41) is 37.4. The van der Waals surface area contributed by atoms with E-state index >= 15 is 0 Å². The van der Waals surface area contributed by atoms with Crippen LogP contribution in [0.15, 0.2) is 0 Å². The third-order valence-corrected chi connectivity index (χ3v) is 3.56. The number of carbonyl (C=O) groups excluding carboxylic acids is 1. The van der Waals surface area contributed by atoms with Crippen molar-refractivity contribution in [2.75, 3.05) is 12.4 Å². The van der Waals surface area contributed by atoms with E-state index in [-0.39, 0.29) is 0 Å². The number of carbonyl (C=O) groups is 1. The minimum atomic E-state index is -1.35. The van der Waals surface area contributed by atoms with Crippen molar-refractivity contribution in [3.8, 4) is 0 Å². The summed E-state index contributed by atoms with van der Waals surface area (Å²) in [6, 6.07) is 0. The Morgan fingerprint density at radius 1 is 1.19 bits per heavy atom. The average Bonchev–Trinajstić information content (AvgIpc) is 2.29. The molecule has 1 fully saturated rings. The van der Waals surface area contributed by atoms with Gasteiger partial charge in [-0.2, -0.15) is 0 Å². The zero-order chi connectivity index (χ0) is 12.1. The lowest BCUT2D eigenvalue weighted by Gasteiger charge is -2.39. The number of aliphatic hydroxyl groups excluding tert-OH is 4. The summed E-state index contributed by atoms with van der Waals surface area (Å²) in [4.78, 5) is 10.1. The summed E-state index contributed by atoms with van der Waals surface area (Å²) in [6.45, 7) is -0.435. The molecule has 6 nitrogen and oxygen atoms in total. The minimum Gasteiger partial charge on any atom is -0.394 e. The number of aldehydes is 1. The normalized spacial score (nSPS) is 39.6. The Balaban J connectivity index is 2.53. The molecule has 16 heavy (non-hydrogen) atoms. The first kappa shape index (κ1) is 13.9. The third-order valence-electron chi connectivity index (χ3n) is 2.37. The van der Waals surface area contributed by atoms with Gasteiger partial charge in [-0.25, -0.2) is 0 Å². The van der Waals surface area contributed by atoms with Gasteiger partial charge in [0.1, 0.15) is 36.1 Å². The third kappa shape index (κ3) is 3.16. The molecule has 0 aliphatic carbocycles. The van der Waals surface area contributed by atoms with Crippen molar-refractivity contribution >= 4 is 18.0 Å².